The van der Waals surface area contributed by atoms with Crippen molar-refractivity contribution in [2.24, 2.45) is 18.0 Å². The van der Waals surface area contributed by atoms with E-state index in [-0.39, 0.29) is 11.8 Å². The molecule has 2 bridgehead atoms. The molecule has 4 aliphatic heterocycles. The van der Waals surface area contributed by atoms with Gasteiger partial charge in [-0.1, -0.05) is 6.92 Å². The lowest BCUT2D eigenvalue weighted by molar-refractivity contribution is 0.0372. The fraction of sp³-hybridized carbons (Fsp3) is 0.515. The number of nitrogens with zero attached hydrogens (tertiary/aromatic N) is 6. The summed E-state index contributed by atoms with van der Waals surface area (Å²) in [7, 11) is -0.747. The molecule has 0 aliphatic carbocycles. The minimum Gasteiger partial charge on any atom is -0.477 e. The number of amides is 1. The molecule has 1 atom stereocenters. The maximum absolute atomic E-state index is 14.0. The van der Waals surface area contributed by atoms with E-state index < -0.39 is 10.1 Å². The second kappa shape index (κ2) is 12.8. The van der Waals surface area contributed by atoms with Gasteiger partial charge in [0.2, 0.25) is 11.8 Å². The van der Waals surface area contributed by atoms with Gasteiger partial charge in [0.25, 0.3) is 5.91 Å². The third kappa shape index (κ3) is 6.40. The van der Waals surface area contributed by atoms with Gasteiger partial charge in [-0.15, -0.1) is 0 Å². The van der Waals surface area contributed by atoms with Gasteiger partial charge in [0.1, 0.15) is 0 Å². The minimum absolute atomic E-state index is 0.280. The molecule has 12 nitrogen and oxygen atoms in total. The summed E-state index contributed by atoms with van der Waals surface area (Å²) in [5.74, 6) is 2.34. The first kappa shape index (κ1) is 30.8. The van der Waals surface area contributed by atoms with Crippen molar-refractivity contribution in [3.8, 4) is 17.1 Å². The van der Waals surface area contributed by atoms with Crippen LogP contribution in [0.3, 0.4) is 0 Å². The number of hydrogen-bond donors (Lipinski definition) is 3. The molecule has 1 aromatic carbocycles. The van der Waals surface area contributed by atoms with Gasteiger partial charge in [-0.3, -0.25) is 18.9 Å². The van der Waals surface area contributed by atoms with Crippen molar-refractivity contribution in [2.45, 2.75) is 45.6 Å². The number of guanidine groups is 1. The highest BCUT2D eigenvalue weighted by Crippen LogP contribution is 2.37. The Labute approximate surface area is 271 Å². The smallest absolute Gasteiger partial charge is 0.280 e. The first-order chi connectivity index (χ1) is 22.2. The fourth-order valence-electron chi connectivity index (χ4n) is 6.94. The highest BCUT2D eigenvalue weighted by Gasteiger charge is 2.31. The Balaban J connectivity index is 1.15. The molecule has 0 saturated carbocycles. The van der Waals surface area contributed by atoms with Gasteiger partial charge in [-0.05, 0) is 79.0 Å². The van der Waals surface area contributed by atoms with E-state index in [1.165, 1.54) is 0 Å². The highest BCUT2D eigenvalue weighted by molar-refractivity contribution is 8.04. The molecule has 4 aliphatic rings. The number of hydrogen-bond acceptors (Lipinski definition) is 9. The van der Waals surface area contributed by atoms with Crippen molar-refractivity contribution < 1.29 is 18.5 Å². The van der Waals surface area contributed by atoms with Crippen LogP contribution in [0.2, 0.25) is 0 Å². The molecule has 2 aromatic heterocycles. The van der Waals surface area contributed by atoms with Crippen LogP contribution >= 0.6 is 0 Å². The Bertz CT molecular complexity index is 1690. The third-order valence-electron chi connectivity index (χ3n) is 9.47. The summed E-state index contributed by atoms with van der Waals surface area (Å²) in [5.41, 5.74) is 5.13. The molecule has 7 rings (SSSR count). The number of pyridine rings is 1. The predicted octanol–water partition coefficient (Wildman–Crippen LogP) is 3.87. The Morgan fingerprint density at radius 2 is 1.87 bits per heavy atom. The molecule has 6 heterocycles. The van der Waals surface area contributed by atoms with Gasteiger partial charge in [0, 0.05) is 74.4 Å². The Hall–Kier alpha value is -3.81. The van der Waals surface area contributed by atoms with Crippen molar-refractivity contribution in [3.05, 3.63) is 47.8 Å². The van der Waals surface area contributed by atoms with Crippen LogP contribution in [-0.4, -0.2) is 92.7 Å². The van der Waals surface area contributed by atoms with E-state index >= 15 is 0 Å². The van der Waals surface area contributed by atoms with Crippen molar-refractivity contribution in [3.63, 3.8) is 0 Å². The van der Waals surface area contributed by atoms with Crippen LogP contribution in [0.15, 0.2) is 41.5 Å². The largest absolute Gasteiger partial charge is 0.477 e. The molecule has 3 aromatic rings. The van der Waals surface area contributed by atoms with Crippen LogP contribution in [0.1, 0.15) is 48.7 Å². The van der Waals surface area contributed by atoms with Gasteiger partial charge >= 0.3 is 0 Å². The number of fused-ring (bicyclic) bond motifs is 7. The van der Waals surface area contributed by atoms with E-state index in [9.17, 15) is 9.00 Å². The summed E-state index contributed by atoms with van der Waals surface area (Å²) in [6, 6.07) is 10.0. The number of carbonyl (C=O) groups is 1. The number of rotatable bonds is 3. The fourth-order valence-corrected chi connectivity index (χ4v) is 9.16. The number of anilines is 3. The van der Waals surface area contributed by atoms with Crippen molar-refractivity contribution in [2.75, 3.05) is 65.9 Å². The number of thiol groups is 1. The van der Waals surface area contributed by atoms with Gasteiger partial charge < -0.3 is 24.4 Å². The summed E-state index contributed by atoms with van der Waals surface area (Å²) in [4.78, 5) is 27.5. The molecule has 246 valence electrons. The quantitative estimate of drug-likeness (QED) is 0.363. The first-order valence-corrected chi connectivity index (χ1v) is 18.5. The Morgan fingerprint density at radius 1 is 1.07 bits per heavy atom. The van der Waals surface area contributed by atoms with Crippen molar-refractivity contribution in [1.82, 2.24) is 19.7 Å². The van der Waals surface area contributed by atoms with Gasteiger partial charge in [-0.25, -0.2) is 4.68 Å². The van der Waals surface area contributed by atoms with Gasteiger partial charge in [-0.2, -0.15) is 10.1 Å². The molecular weight excluding hydrogens is 604 g/mol. The van der Waals surface area contributed by atoms with E-state index in [2.05, 4.69) is 41.8 Å². The van der Waals surface area contributed by atoms with Gasteiger partial charge in [0.15, 0.2) is 0 Å². The summed E-state index contributed by atoms with van der Waals surface area (Å²) >= 11 is 0. The molecule has 0 unspecified atom stereocenters. The van der Waals surface area contributed by atoms with Crippen molar-refractivity contribution in [1.29, 1.82) is 0 Å². The Kier molecular flexibility index (Phi) is 8.55. The van der Waals surface area contributed by atoms with Crippen LogP contribution in [-0.2, 0) is 21.9 Å². The average molecular weight is 649 g/mol. The molecule has 2 fully saturated rings. The molecule has 0 spiro atoms. The van der Waals surface area contributed by atoms with Crippen LogP contribution < -0.4 is 19.7 Å². The summed E-state index contributed by atoms with van der Waals surface area (Å²) in [6.07, 6.45) is 5.60. The van der Waals surface area contributed by atoms with Crippen LogP contribution in [0.5, 0.6) is 5.88 Å². The minimum atomic E-state index is -2.59. The molecule has 0 radical (unpaired) electrons. The zero-order chi connectivity index (χ0) is 31.8. The number of carbonyl (C=O) groups excluding carboxylic acids is 1. The maximum Gasteiger partial charge on any atom is 0.280 e. The zero-order valence-electron chi connectivity index (χ0n) is 26.9. The van der Waals surface area contributed by atoms with Crippen LogP contribution in [0.4, 0.5) is 17.1 Å². The number of nitrogens with one attached hydrogen (secondary N) is 2. The maximum atomic E-state index is 14.0. The normalized spacial score (nSPS) is 24.2. The average Bonchev–Trinajstić information content (AvgIpc) is 3.58. The summed E-state index contributed by atoms with van der Waals surface area (Å²) in [6.45, 7) is 8.57. The highest BCUT2D eigenvalue weighted by atomic mass is 32.3. The SMILES string of the molecule is Cc1cc2cc(n1)-c1cnn(C)c1OCCC[C@@H](C)CN1/C(=N/C2=O)Nc2ccc(N[SH]3(=O)CCN(C4CCOCC4)CC3)cc21. The topological polar surface area (TPSA) is 126 Å². The van der Waals surface area contributed by atoms with E-state index in [1.807, 2.05) is 32.2 Å². The lowest BCUT2D eigenvalue weighted by atomic mass is 10.1. The van der Waals surface area contributed by atoms with Crippen LogP contribution in [0, 0.1) is 12.8 Å². The Morgan fingerprint density at radius 3 is 2.67 bits per heavy atom. The number of benzene rings is 1. The predicted molar refractivity (Wildman–Crippen MR) is 183 cm³/mol. The number of aromatic nitrogens is 3. The number of aryl methyl sites for hydroxylation is 2. The molecule has 2 saturated heterocycles. The lowest BCUT2D eigenvalue weighted by Gasteiger charge is -2.41. The molecule has 13 heteroatoms. The van der Waals surface area contributed by atoms with Crippen molar-refractivity contribution >= 4 is 39.0 Å². The van der Waals surface area contributed by atoms with E-state index in [1.54, 1.807) is 23.0 Å². The van der Waals surface area contributed by atoms with Crippen LogP contribution in [0.25, 0.3) is 11.3 Å². The second-order valence-electron chi connectivity index (χ2n) is 13.0. The molecule has 46 heavy (non-hydrogen) atoms. The first-order valence-electron chi connectivity index (χ1n) is 16.4. The zero-order valence-corrected chi connectivity index (χ0v) is 27.8. The van der Waals surface area contributed by atoms with E-state index in [0.717, 1.165) is 74.6 Å². The monoisotopic (exact) mass is 648 g/mol. The lowest BCUT2D eigenvalue weighted by Crippen LogP contribution is -2.51. The summed E-state index contributed by atoms with van der Waals surface area (Å²) < 4.78 is 30.9. The van der Waals surface area contributed by atoms with Gasteiger partial charge in [0.05, 0.1) is 35.4 Å². The number of aliphatic imine (C=N–C) groups is 1. The third-order valence-corrected chi connectivity index (χ3v) is 12.0. The second-order valence-corrected chi connectivity index (χ2v) is 15.9. The summed E-state index contributed by atoms with van der Waals surface area (Å²) in [5, 5.41) is 7.78. The molecule has 2 N–H and O–H groups in total. The molecule has 1 amide bonds. The standard InChI is InChI=1S/C33H44N8O4S/c1-22-5-4-12-45-32-27(20-34-39(32)3)29-18-24(17-23(2)35-29)31(42)37-33-36-28-7-6-25(19-30(28)41(33)21-22)38-46(43)15-10-40(11-16-46)26-8-13-44-14-9-26/h6-7,17-20,22,26,46H,4-5,8-16,21H2,1-3H3,(H,38,43)(H,36,37,42)/t22-/m1/s1. The number of ether oxygens (including phenoxy) is 2. The molecular formula is C33H44N8O4S. The van der Waals surface area contributed by atoms with E-state index in [4.69, 9.17) is 9.47 Å². The van der Waals surface area contributed by atoms with E-state index in [0.29, 0.717) is 59.5 Å².